The van der Waals surface area contributed by atoms with Crippen LogP contribution in [0.25, 0.3) is 0 Å². The smallest absolute Gasteiger partial charge is 0.139 e. The molecule has 0 aliphatic rings. The predicted molar refractivity (Wildman–Crippen MR) is 77.3 cm³/mol. The molecule has 0 aromatic heterocycles. The maximum atomic E-state index is 9.78. The Labute approximate surface area is 123 Å². The SMILES string of the molecule is COC[C@H](C)NC[C@@H](O)COc1cc(Cl)ccc1Cl. The van der Waals surface area contributed by atoms with E-state index in [1.165, 1.54) is 0 Å². The van der Waals surface area contributed by atoms with Gasteiger partial charge in [-0.15, -0.1) is 0 Å². The Morgan fingerprint density at radius 2 is 2.05 bits per heavy atom. The number of benzene rings is 1. The van der Waals surface area contributed by atoms with Crippen LogP contribution in [0.2, 0.25) is 10.0 Å². The third kappa shape index (κ3) is 6.45. The van der Waals surface area contributed by atoms with Crippen molar-refractivity contribution in [2.75, 3.05) is 26.9 Å². The number of halogens is 2. The van der Waals surface area contributed by atoms with Gasteiger partial charge in [0.05, 0.1) is 11.6 Å². The van der Waals surface area contributed by atoms with Gasteiger partial charge in [0.15, 0.2) is 0 Å². The van der Waals surface area contributed by atoms with Gasteiger partial charge in [0.25, 0.3) is 0 Å². The molecule has 2 atom stereocenters. The van der Waals surface area contributed by atoms with E-state index < -0.39 is 6.10 Å². The van der Waals surface area contributed by atoms with E-state index in [9.17, 15) is 5.11 Å². The fourth-order valence-electron chi connectivity index (χ4n) is 1.48. The lowest BCUT2D eigenvalue weighted by Gasteiger charge is -2.17. The molecule has 0 radical (unpaired) electrons. The topological polar surface area (TPSA) is 50.7 Å². The minimum atomic E-state index is -0.630. The summed E-state index contributed by atoms with van der Waals surface area (Å²) in [4.78, 5) is 0. The van der Waals surface area contributed by atoms with Gasteiger partial charge in [-0.05, 0) is 19.1 Å². The average molecular weight is 308 g/mol. The molecule has 0 fully saturated rings. The molecule has 1 aromatic rings. The van der Waals surface area contributed by atoms with Crippen LogP contribution < -0.4 is 10.1 Å². The number of aliphatic hydroxyl groups excluding tert-OH is 1. The Bertz CT molecular complexity index is 390. The van der Waals surface area contributed by atoms with E-state index in [0.717, 1.165) is 0 Å². The molecular weight excluding hydrogens is 289 g/mol. The highest BCUT2D eigenvalue weighted by Crippen LogP contribution is 2.27. The number of rotatable bonds is 8. The Kier molecular flexibility index (Phi) is 7.49. The first kappa shape index (κ1) is 16.5. The van der Waals surface area contributed by atoms with E-state index in [0.29, 0.717) is 28.9 Å². The van der Waals surface area contributed by atoms with Crippen LogP contribution in [0.3, 0.4) is 0 Å². The molecule has 0 unspecified atom stereocenters. The van der Waals surface area contributed by atoms with Crippen LogP contribution >= 0.6 is 23.2 Å². The Morgan fingerprint density at radius 3 is 2.74 bits per heavy atom. The van der Waals surface area contributed by atoms with Crippen LogP contribution in [-0.2, 0) is 4.74 Å². The van der Waals surface area contributed by atoms with Gasteiger partial charge in [-0.1, -0.05) is 23.2 Å². The summed E-state index contributed by atoms with van der Waals surface area (Å²) >= 11 is 11.8. The van der Waals surface area contributed by atoms with E-state index in [-0.39, 0.29) is 12.6 Å². The number of aliphatic hydroxyl groups is 1. The van der Waals surface area contributed by atoms with E-state index >= 15 is 0 Å². The quantitative estimate of drug-likeness (QED) is 0.774. The second kappa shape index (κ2) is 8.61. The number of hydrogen-bond donors (Lipinski definition) is 2. The number of nitrogens with one attached hydrogen (secondary N) is 1. The van der Waals surface area contributed by atoms with E-state index in [1.807, 2.05) is 6.92 Å². The lowest BCUT2D eigenvalue weighted by molar-refractivity contribution is 0.0973. The highest BCUT2D eigenvalue weighted by Gasteiger charge is 2.09. The standard InChI is InChI=1S/C13H19Cl2NO3/c1-9(7-18-2)16-6-11(17)8-19-13-5-10(14)3-4-12(13)15/h3-5,9,11,16-17H,6-8H2,1-2H3/t9-,11+/m0/s1. The zero-order valence-corrected chi connectivity index (χ0v) is 12.5. The van der Waals surface area contributed by atoms with Crippen molar-refractivity contribution >= 4 is 23.2 Å². The third-order valence-electron chi connectivity index (χ3n) is 2.44. The van der Waals surface area contributed by atoms with Crippen LogP contribution in [0, 0.1) is 0 Å². The van der Waals surface area contributed by atoms with Crippen molar-refractivity contribution in [1.29, 1.82) is 0 Å². The second-order valence-corrected chi connectivity index (χ2v) is 5.15. The molecule has 1 rings (SSSR count). The molecule has 0 aliphatic heterocycles. The zero-order valence-electron chi connectivity index (χ0n) is 11.0. The largest absolute Gasteiger partial charge is 0.489 e. The molecule has 0 saturated heterocycles. The normalized spacial score (nSPS) is 14.2. The second-order valence-electron chi connectivity index (χ2n) is 4.30. The van der Waals surface area contributed by atoms with Gasteiger partial charge in [-0.3, -0.25) is 0 Å². The summed E-state index contributed by atoms with van der Waals surface area (Å²) in [6, 6.07) is 5.14. The fraction of sp³-hybridized carbons (Fsp3) is 0.538. The molecule has 0 aliphatic carbocycles. The van der Waals surface area contributed by atoms with Gasteiger partial charge in [-0.25, -0.2) is 0 Å². The lowest BCUT2D eigenvalue weighted by Crippen LogP contribution is -2.38. The molecule has 4 nitrogen and oxygen atoms in total. The molecular formula is C13H19Cl2NO3. The fourth-order valence-corrected chi connectivity index (χ4v) is 1.81. The van der Waals surface area contributed by atoms with Crippen LogP contribution in [0.15, 0.2) is 18.2 Å². The maximum absolute atomic E-state index is 9.78. The van der Waals surface area contributed by atoms with Gasteiger partial charge >= 0.3 is 0 Å². The van der Waals surface area contributed by atoms with Crippen molar-refractivity contribution < 1.29 is 14.6 Å². The molecule has 19 heavy (non-hydrogen) atoms. The van der Waals surface area contributed by atoms with Crippen molar-refractivity contribution in [3.63, 3.8) is 0 Å². The first-order valence-electron chi connectivity index (χ1n) is 6.01. The molecule has 108 valence electrons. The van der Waals surface area contributed by atoms with Crippen molar-refractivity contribution in [2.45, 2.75) is 19.1 Å². The summed E-state index contributed by atoms with van der Waals surface area (Å²) in [5, 5.41) is 13.9. The van der Waals surface area contributed by atoms with Crippen LogP contribution in [0.4, 0.5) is 0 Å². The molecule has 0 bridgehead atoms. The maximum Gasteiger partial charge on any atom is 0.139 e. The van der Waals surface area contributed by atoms with E-state index in [1.54, 1.807) is 25.3 Å². The molecule has 1 aromatic carbocycles. The Morgan fingerprint density at radius 1 is 1.32 bits per heavy atom. The van der Waals surface area contributed by atoms with Crippen LogP contribution in [0.5, 0.6) is 5.75 Å². The van der Waals surface area contributed by atoms with Crippen LogP contribution in [0.1, 0.15) is 6.92 Å². The summed E-state index contributed by atoms with van der Waals surface area (Å²) in [5.74, 6) is 0.471. The summed E-state index contributed by atoms with van der Waals surface area (Å²) < 4.78 is 10.4. The molecule has 0 saturated carbocycles. The van der Waals surface area contributed by atoms with Gasteiger partial charge in [0.2, 0.25) is 0 Å². The molecule has 0 amide bonds. The van der Waals surface area contributed by atoms with Crippen molar-refractivity contribution in [2.24, 2.45) is 0 Å². The predicted octanol–water partition coefficient (Wildman–Crippen LogP) is 2.36. The summed E-state index contributed by atoms with van der Waals surface area (Å²) in [6.07, 6.45) is -0.630. The van der Waals surface area contributed by atoms with Crippen LogP contribution in [-0.4, -0.2) is 44.1 Å². The zero-order chi connectivity index (χ0) is 14.3. The highest BCUT2D eigenvalue weighted by atomic mass is 35.5. The van der Waals surface area contributed by atoms with Gasteiger partial charge in [0, 0.05) is 30.8 Å². The van der Waals surface area contributed by atoms with E-state index in [4.69, 9.17) is 32.7 Å². The molecule has 2 N–H and O–H groups in total. The summed E-state index contributed by atoms with van der Waals surface area (Å²) in [6.45, 7) is 3.13. The summed E-state index contributed by atoms with van der Waals surface area (Å²) in [7, 11) is 1.64. The van der Waals surface area contributed by atoms with Crippen molar-refractivity contribution in [3.05, 3.63) is 28.2 Å². The highest BCUT2D eigenvalue weighted by molar-refractivity contribution is 6.34. The van der Waals surface area contributed by atoms with Crippen molar-refractivity contribution in [1.82, 2.24) is 5.32 Å². The first-order valence-corrected chi connectivity index (χ1v) is 6.76. The van der Waals surface area contributed by atoms with Crippen molar-refractivity contribution in [3.8, 4) is 5.75 Å². The van der Waals surface area contributed by atoms with Gasteiger partial charge in [0.1, 0.15) is 18.5 Å². The molecule has 6 heteroatoms. The number of ether oxygens (including phenoxy) is 2. The third-order valence-corrected chi connectivity index (χ3v) is 2.99. The molecule has 0 spiro atoms. The minimum Gasteiger partial charge on any atom is -0.489 e. The summed E-state index contributed by atoms with van der Waals surface area (Å²) in [5.41, 5.74) is 0. The minimum absolute atomic E-state index is 0.146. The monoisotopic (exact) mass is 307 g/mol. The molecule has 0 heterocycles. The Hall–Kier alpha value is -0.520. The van der Waals surface area contributed by atoms with Gasteiger partial charge in [-0.2, -0.15) is 0 Å². The van der Waals surface area contributed by atoms with E-state index in [2.05, 4.69) is 5.32 Å². The number of methoxy groups -OCH3 is 1. The average Bonchev–Trinajstić information content (AvgIpc) is 2.38. The number of hydrogen-bond acceptors (Lipinski definition) is 4. The lowest BCUT2D eigenvalue weighted by atomic mass is 10.3. The Balaban J connectivity index is 2.33. The van der Waals surface area contributed by atoms with Gasteiger partial charge < -0.3 is 19.9 Å². The first-order chi connectivity index (χ1) is 9.02.